The molecule has 7 nitrogen and oxygen atoms in total. The maximum Gasteiger partial charge on any atom is 0.104 e. The fourth-order valence-electron chi connectivity index (χ4n) is 3.03. The molecule has 0 amide bonds. The lowest BCUT2D eigenvalue weighted by Crippen LogP contribution is -2.41. The number of nitrogens with two attached hydrogens (primary N) is 1. The van der Waals surface area contributed by atoms with Gasteiger partial charge in [0.15, 0.2) is 0 Å². The molecule has 0 radical (unpaired) electrons. The molecule has 2 aromatic carbocycles. The van der Waals surface area contributed by atoms with Crippen LogP contribution in [0.1, 0.15) is 43.8 Å². The SMILES string of the molecule is CC.CC(O)C(c1ccc(Cl)cc1)N(C)N(C)C.CO.Cc1nc2ccc(CN)cc2[nH]1. The lowest BCUT2D eigenvalue weighted by atomic mass is 10.0. The summed E-state index contributed by atoms with van der Waals surface area (Å²) in [7, 11) is 6.85. The lowest BCUT2D eigenvalue weighted by molar-refractivity contribution is -0.0429. The molecule has 0 fully saturated rings. The minimum Gasteiger partial charge on any atom is -0.400 e. The maximum absolute atomic E-state index is 9.85. The van der Waals surface area contributed by atoms with Gasteiger partial charge in [-0.25, -0.2) is 15.0 Å². The Morgan fingerprint density at radius 2 is 1.62 bits per heavy atom. The van der Waals surface area contributed by atoms with Crippen molar-refractivity contribution in [2.45, 2.75) is 46.4 Å². The van der Waals surface area contributed by atoms with Crippen LogP contribution in [0, 0.1) is 6.92 Å². The minimum atomic E-state index is -0.450. The summed E-state index contributed by atoms with van der Waals surface area (Å²) >= 11 is 5.85. The zero-order valence-electron chi connectivity index (χ0n) is 20.6. The normalized spacial score (nSPS) is 12.2. The molecule has 0 saturated carbocycles. The smallest absolute Gasteiger partial charge is 0.104 e. The summed E-state index contributed by atoms with van der Waals surface area (Å²) in [6.45, 7) is 8.31. The van der Waals surface area contributed by atoms with E-state index in [-0.39, 0.29) is 6.04 Å². The molecule has 0 aliphatic rings. The quantitative estimate of drug-likeness (QED) is 0.422. The van der Waals surface area contributed by atoms with E-state index in [2.05, 4.69) is 9.97 Å². The van der Waals surface area contributed by atoms with E-state index in [4.69, 9.17) is 22.4 Å². The van der Waals surface area contributed by atoms with E-state index < -0.39 is 6.10 Å². The molecule has 8 heteroatoms. The first kappa shape index (κ1) is 30.0. The number of hydrogen-bond donors (Lipinski definition) is 4. The van der Waals surface area contributed by atoms with E-state index in [1.807, 2.05) is 94.4 Å². The molecular weight excluding hydrogens is 426 g/mol. The number of imidazole rings is 1. The van der Waals surface area contributed by atoms with Crippen molar-refractivity contribution < 1.29 is 10.2 Å². The van der Waals surface area contributed by atoms with Crippen molar-refractivity contribution >= 4 is 22.6 Å². The zero-order chi connectivity index (χ0) is 24.8. The number of aliphatic hydroxyl groups excluding tert-OH is 2. The van der Waals surface area contributed by atoms with Crippen LogP contribution >= 0.6 is 11.6 Å². The van der Waals surface area contributed by atoms with Gasteiger partial charge in [-0.1, -0.05) is 43.6 Å². The first-order valence-electron chi connectivity index (χ1n) is 10.7. The van der Waals surface area contributed by atoms with Crippen LogP contribution in [-0.2, 0) is 6.54 Å². The molecule has 180 valence electrons. The van der Waals surface area contributed by atoms with E-state index in [1.165, 1.54) is 0 Å². The number of nitrogens with one attached hydrogen (secondary N) is 1. The Morgan fingerprint density at radius 3 is 2.09 bits per heavy atom. The van der Waals surface area contributed by atoms with E-state index in [9.17, 15) is 5.11 Å². The van der Waals surface area contributed by atoms with Gasteiger partial charge in [0.2, 0.25) is 0 Å². The molecule has 1 aromatic heterocycles. The fraction of sp³-hybridized carbons (Fsp3) is 0.458. The van der Waals surface area contributed by atoms with Crippen LogP contribution < -0.4 is 5.73 Å². The van der Waals surface area contributed by atoms with Crippen LogP contribution in [0.4, 0.5) is 0 Å². The molecule has 3 aromatic rings. The number of hydrogen-bond acceptors (Lipinski definition) is 6. The lowest BCUT2D eigenvalue weighted by Gasteiger charge is -2.35. The van der Waals surface area contributed by atoms with Gasteiger partial charge in [0.1, 0.15) is 5.82 Å². The second kappa shape index (κ2) is 15.7. The zero-order valence-corrected chi connectivity index (χ0v) is 21.4. The number of likely N-dealkylation sites (N-methyl/N-ethyl adjacent to an activating group) is 1. The number of aromatic amines is 1. The van der Waals surface area contributed by atoms with Gasteiger partial charge in [-0.15, -0.1) is 0 Å². The first-order valence-corrected chi connectivity index (χ1v) is 11.0. The third-order valence-corrected chi connectivity index (χ3v) is 4.85. The molecule has 0 saturated heterocycles. The summed E-state index contributed by atoms with van der Waals surface area (Å²) in [5.74, 6) is 0.944. The van der Waals surface area contributed by atoms with Crippen molar-refractivity contribution in [1.29, 1.82) is 0 Å². The van der Waals surface area contributed by atoms with Gasteiger partial charge in [-0.3, -0.25) is 0 Å². The highest BCUT2D eigenvalue weighted by molar-refractivity contribution is 6.30. The van der Waals surface area contributed by atoms with Crippen LogP contribution in [0.15, 0.2) is 42.5 Å². The molecule has 0 bridgehead atoms. The number of hydrazine groups is 1. The van der Waals surface area contributed by atoms with Gasteiger partial charge in [0.25, 0.3) is 0 Å². The number of nitrogens with zero attached hydrogens (tertiary/aromatic N) is 3. The highest BCUT2D eigenvalue weighted by Crippen LogP contribution is 2.25. The van der Waals surface area contributed by atoms with Gasteiger partial charge in [0, 0.05) is 39.8 Å². The number of rotatable bonds is 5. The largest absolute Gasteiger partial charge is 0.400 e. The predicted molar refractivity (Wildman–Crippen MR) is 136 cm³/mol. The number of halogens is 1. The van der Waals surface area contributed by atoms with Crippen LogP contribution in [0.2, 0.25) is 5.02 Å². The molecule has 3 rings (SSSR count). The number of aromatic nitrogens is 2. The Kier molecular flexibility index (Phi) is 14.8. The highest BCUT2D eigenvalue weighted by atomic mass is 35.5. The number of benzene rings is 2. The molecule has 0 aliphatic carbocycles. The second-order valence-corrected chi connectivity index (χ2v) is 7.47. The van der Waals surface area contributed by atoms with Gasteiger partial charge in [-0.2, -0.15) is 0 Å². The Balaban J connectivity index is 0.000000532. The average Bonchev–Trinajstić information content (AvgIpc) is 3.17. The third-order valence-electron chi connectivity index (χ3n) is 4.60. The molecule has 5 N–H and O–H groups in total. The molecule has 2 atom stereocenters. The third kappa shape index (κ3) is 9.24. The Bertz CT molecular complexity index is 882. The molecular formula is C24H40ClN5O2. The van der Waals surface area contributed by atoms with Crippen LogP contribution in [-0.4, -0.2) is 64.6 Å². The van der Waals surface area contributed by atoms with Crippen LogP contribution in [0.25, 0.3) is 11.0 Å². The predicted octanol–water partition coefficient (Wildman–Crippen LogP) is 4.14. The van der Waals surface area contributed by atoms with E-state index in [0.29, 0.717) is 11.6 Å². The summed E-state index contributed by atoms with van der Waals surface area (Å²) in [6.07, 6.45) is -0.450. The van der Waals surface area contributed by atoms with E-state index >= 15 is 0 Å². The van der Waals surface area contributed by atoms with Gasteiger partial charge in [-0.05, 0) is 49.2 Å². The minimum absolute atomic E-state index is 0.0627. The van der Waals surface area contributed by atoms with Crippen molar-refractivity contribution in [2.75, 3.05) is 28.3 Å². The highest BCUT2D eigenvalue weighted by Gasteiger charge is 2.23. The average molecular weight is 466 g/mol. The number of H-pyrrole nitrogens is 1. The van der Waals surface area contributed by atoms with Crippen LogP contribution in [0.5, 0.6) is 0 Å². The maximum atomic E-state index is 9.85. The van der Waals surface area contributed by atoms with Crippen LogP contribution in [0.3, 0.4) is 0 Å². The van der Waals surface area contributed by atoms with Crippen molar-refractivity contribution in [3.8, 4) is 0 Å². The van der Waals surface area contributed by atoms with E-state index in [0.717, 1.165) is 35.1 Å². The molecule has 2 unspecified atom stereocenters. The van der Waals surface area contributed by atoms with Gasteiger partial charge in [0.05, 0.1) is 23.2 Å². The summed E-state index contributed by atoms with van der Waals surface area (Å²) in [5.41, 5.74) is 9.77. The Morgan fingerprint density at radius 1 is 1.06 bits per heavy atom. The molecule has 0 aliphatic heterocycles. The van der Waals surface area contributed by atoms with Gasteiger partial charge >= 0.3 is 0 Å². The molecule has 0 spiro atoms. The summed E-state index contributed by atoms with van der Waals surface area (Å²) in [5, 5.41) is 21.5. The monoisotopic (exact) mass is 465 g/mol. The summed E-state index contributed by atoms with van der Waals surface area (Å²) < 4.78 is 0. The molecule has 1 heterocycles. The first-order chi connectivity index (χ1) is 15.2. The Hall–Kier alpha value is -2.00. The molecule has 32 heavy (non-hydrogen) atoms. The van der Waals surface area contributed by atoms with Crippen molar-refractivity contribution in [1.82, 2.24) is 20.0 Å². The summed E-state index contributed by atoms with van der Waals surface area (Å²) in [4.78, 5) is 7.46. The Labute approximate surface area is 197 Å². The summed E-state index contributed by atoms with van der Waals surface area (Å²) in [6, 6.07) is 13.5. The number of aryl methyl sites for hydroxylation is 1. The standard InChI is InChI=1S/C12H19ClN2O.C9H11N3.C2H6.CH4O/c1-9(16)12(15(4)14(2)3)10-5-7-11(13)8-6-10;1-6-11-8-3-2-7(5-10)4-9(8)12-6;2*1-2/h5-9,12,16H,1-4H3;2-4H,5,10H2,1H3,(H,11,12);1-2H3;2H,1H3. The second-order valence-electron chi connectivity index (χ2n) is 7.04. The number of aliphatic hydroxyl groups is 2. The topological polar surface area (TPSA) is 102 Å². The fourth-order valence-corrected chi connectivity index (χ4v) is 3.15. The van der Waals surface area contributed by atoms with Crippen molar-refractivity contribution in [3.63, 3.8) is 0 Å². The van der Waals surface area contributed by atoms with Crippen molar-refractivity contribution in [3.05, 3.63) is 64.4 Å². The van der Waals surface area contributed by atoms with Crippen molar-refractivity contribution in [2.24, 2.45) is 5.73 Å². The van der Waals surface area contributed by atoms with Gasteiger partial charge < -0.3 is 20.9 Å². The van der Waals surface area contributed by atoms with E-state index in [1.54, 1.807) is 6.92 Å². The number of fused-ring (bicyclic) bond motifs is 1.